The zero-order valence-corrected chi connectivity index (χ0v) is 12.2. The molecule has 0 N–H and O–H groups in total. The van der Waals surface area contributed by atoms with E-state index in [-0.39, 0.29) is 0 Å². The Morgan fingerprint density at radius 1 is 1.35 bits per heavy atom. The zero-order chi connectivity index (χ0) is 12.4. The van der Waals surface area contributed by atoms with Crippen LogP contribution < -0.4 is 0 Å². The number of imidazole rings is 1. The van der Waals surface area contributed by atoms with Gasteiger partial charge in [0.15, 0.2) is 0 Å². The molecule has 1 aromatic carbocycles. The fraction of sp³-hybridized carbons (Fsp3) is 0.308. The second kappa shape index (κ2) is 5.23. The van der Waals surface area contributed by atoms with E-state index in [2.05, 4.69) is 31.5 Å². The Kier molecular flexibility index (Phi) is 3.89. The van der Waals surface area contributed by atoms with E-state index in [0.717, 1.165) is 28.3 Å². The van der Waals surface area contributed by atoms with Gasteiger partial charge in [-0.15, -0.1) is 0 Å². The van der Waals surface area contributed by atoms with Gasteiger partial charge in [0.25, 0.3) is 0 Å². The van der Waals surface area contributed by atoms with Gasteiger partial charge in [-0.2, -0.15) is 0 Å². The van der Waals surface area contributed by atoms with Gasteiger partial charge in [0.05, 0.1) is 5.69 Å². The van der Waals surface area contributed by atoms with Crippen LogP contribution >= 0.6 is 27.5 Å². The van der Waals surface area contributed by atoms with Gasteiger partial charge in [-0.25, -0.2) is 4.98 Å². The maximum atomic E-state index is 5.97. The molecule has 0 saturated heterocycles. The quantitative estimate of drug-likeness (QED) is 0.839. The third kappa shape index (κ3) is 2.90. The normalized spacial score (nSPS) is 10.8. The molecule has 0 aliphatic carbocycles. The molecule has 4 heteroatoms. The van der Waals surface area contributed by atoms with Crippen LogP contribution in [0.1, 0.15) is 17.1 Å². The third-order valence-corrected chi connectivity index (χ3v) is 3.80. The molecule has 0 atom stereocenters. The summed E-state index contributed by atoms with van der Waals surface area (Å²) in [5, 5.41) is 0.794. The van der Waals surface area contributed by atoms with Gasteiger partial charge in [-0.05, 0) is 53.4 Å². The molecule has 90 valence electrons. The molecule has 1 aromatic heterocycles. The number of aryl methyl sites for hydroxylation is 2. The van der Waals surface area contributed by atoms with Gasteiger partial charge in [0.2, 0.25) is 0 Å². The first-order chi connectivity index (χ1) is 8.08. The van der Waals surface area contributed by atoms with Crippen LogP contribution in [-0.4, -0.2) is 9.55 Å². The number of hydrogen-bond acceptors (Lipinski definition) is 1. The molecule has 0 bridgehead atoms. The number of halogens is 2. The van der Waals surface area contributed by atoms with Crippen LogP contribution in [0.4, 0.5) is 0 Å². The first kappa shape index (κ1) is 12.7. The van der Waals surface area contributed by atoms with Crippen molar-refractivity contribution in [3.8, 4) is 0 Å². The Morgan fingerprint density at radius 3 is 2.71 bits per heavy atom. The molecule has 2 aromatic rings. The minimum absolute atomic E-state index is 0.794. The lowest BCUT2D eigenvalue weighted by atomic mass is 10.1. The molecule has 0 fully saturated rings. The van der Waals surface area contributed by atoms with Crippen LogP contribution in [0.25, 0.3) is 0 Å². The Morgan fingerprint density at radius 2 is 2.12 bits per heavy atom. The van der Waals surface area contributed by atoms with Crippen LogP contribution in [0.2, 0.25) is 5.02 Å². The van der Waals surface area contributed by atoms with Crippen LogP contribution in [-0.2, 0) is 19.9 Å². The van der Waals surface area contributed by atoms with Crippen LogP contribution in [0.5, 0.6) is 0 Å². The van der Waals surface area contributed by atoms with E-state index in [1.54, 1.807) is 0 Å². The van der Waals surface area contributed by atoms with E-state index in [9.17, 15) is 0 Å². The standard InChI is InChI=1S/C13H14BrClN2/c1-9-16-13(14)12(17(9)2)7-6-10-4-3-5-11(15)8-10/h3-5,8H,6-7H2,1-2H3. The molecule has 0 aliphatic heterocycles. The van der Waals surface area contributed by atoms with Gasteiger partial charge in [-0.3, -0.25) is 0 Å². The summed E-state index contributed by atoms with van der Waals surface area (Å²) in [7, 11) is 2.04. The Bertz CT molecular complexity index is 534. The van der Waals surface area contributed by atoms with Gasteiger partial charge in [0, 0.05) is 12.1 Å². The van der Waals surface area contributed by atoms with Crippen LogP contribution in [0, 0.1) is 6.92 Å². The number of hydrogen-bond donors (Lipinski definition) is 0. The van der Waals surface area contributed by atoms with E-state index < -0.39 is 0 Å². The maximum absolute atomic E-state index is 5.97. The van der Waals surface area contributed by atoms with Crippen molar-refractivity contribution < 1.29 is 0 Å². The third-order valence-electron chi connectivity index (χ3n) is 2.93. The molecule has 0 spiro atoms. The number of aromatic nitrogens is 2. The zero-order valence-electron chi connectivity index (χ0n) is 9.87. The topological polar surface area (TPSA) is 17.8 Å². The van der Waals surface area contributed by atoms with Crippen LogP contribution in [0.15, 0.2) is 28.9 Å². The van der Waals surface area contributed by atoms with Crippen molar-refractivity contribution in [2.75, 3.05) is 0 Å². The van der Waals surface area contributed by atoms with Crippen LogP contribution in [0.3, 0.4) is 0 Å². The average molecular weight is 314 g/mol. The van der Waals surface area contributed by atoms with Gasteiger partial charge < -0.3 is 4.57 Å². The molecule has 0 amide bonds. The summed E-state index contributed by atoms with van der Waals surface area (Å²) in [6, 6.07) is 8.00. The van der Waals surface area contributed by atoms with Crippen molar-refractivity contribution in [2.24, 2.45) is 7.05 Å². The fourth-order valence-electron chi connectivity index (χ4n) is 1.84. The predicted octanol–water partition coefficient (Wildman–Crippen LogP) is 3.93. The van der Waals surface area contributed by atoms with E-state index in [4.69, 9.17) is 11.6 Å². The van der Waals surface area contributed by atoms with Crippen molar-refractivity contribution in [1.82, 2.24) is 9.55 Å². The van der Waals surface area contributed by atoms with Crippen molar-refractivity contribution in [3.05, 3.63) is 51.0 Å². The molecule has 0 unspecified atom stereocenters. The Balaban J connectivity index is 2.12. The molecular weight excluding hydrogens is 300 g/mol. The van der Waals surface area contributed by atoms with Gasteiger partial charge in [0.1, 0.15) is 10.4 Å². The first-order valence-electron chi connectivity index (χ1n) is 5.50. The molecule has 0 saturated carbocycles. The van der Waals surface area contributed by atoms with Crippen molar-refractivity contribution >= 4 is 27.5 Å². The molecule has 1 heterocycles. The van der Waals surface area contributed by atoms with Crippen molar-refractivity contribution in [3.63, 3.8) is 0 Å². The highest BCUT2D eigenvalue weighted by molar-refractivity contribution is 9.10. The summed E-state index contributed by atoms with van der Waals surface area (Å²) in [4.78, 5) is 4.39. The predicted molar refractivity (Wildman–Crippen MR) is 74.5 cm³/mol. The molecule has 2 rings (SSSR count). The van der Waals surface area contributed by atoms with Crippen molar-refractivity contribution in [1.29, 1.82) is 0 Å². The van der Waals surface area contributed by atoms with E-state index in [1.807, 2.05) is 32.2 Å². The van der Waals surface area contributed by atoms with E-state index in [0.29, 0.717) is 0 Å². The summed E-state index contributed by atoms with van der Waals surface area (Å²) in [6.07, 6.45) is 1.93. The SMILES string of the molecule is Cc1nc(Br)c(CCc2cccc(Cl)c2)n1C. The summed E-state index contributed by atoms with van der Waals surface area (Å²) in [6.45, 7) is 2.01. The lowest BCUT2D eigenvalue weighted by Gasteiger charge is -2.05. The second-order valence-corrected chi connectivity index (χ2v) is 5.27. The maximum Gasteiger partial charge on any atom is 0.127 e. The highest BCUT2D eigenvalue weighted by Crippen LogP contribution is 2.19. The minimum Gasteiger partial charge on any atom is -0.334 e. The fourth-order valence-corrected chi connectivity index (χ4v) is 2.78. The molecule has 2 nitrogen and oxygen atoms in total. The molecule has 0 aliphatic rings. The summed E-state index contributed by atoms with van der Waals surface area (Å²) < 4.78 is 3.06. The molecular formula is C13H14BrClN2. The summed E-state index contributed by atoms with van der Waals surface area (Å²) in [5.41, 5.74) is 2.48. The van der Waals surface area contributed by atoms with Crippen molar-refractivity contribution in [2.45, 2.75) is 19.8 Å². The number of rotatable bonds is 3. The number of benzene rings is 1. The Hall–Kier alpha value is -0.800. The molecule has 17 heavy (non-hydrogen) atoms. The lowest BCUT2D eigenvalue weighted by Crippen LogP contribution is -2.01. The molecule has 0 radical (unpaired) electrons. The largest absolute Gasteiger partial charge is 0.334 e. The van der Waals surface area contributed by atoms with Gasteiger partial charge >= 0.3 is 0 Å². The Labute approximate surface area is 115 Å². The number of nitrogens with zero attached hydrogens (tertiary/aromatic N) is 2. The smallest absolute Gasteiger partial charge is 0.127 e. The summed E-state index contributed by atoms with van der Waals surface area (Å²) in [5.74, 6) is 1.03. The van der Waals surface area contributed by atoms with E-state index >= 15 is 0 Å². The second-order valence-electron chi connectivity index (χ2n) is 4.09. The van der Waals surface area contributed by atoms with E-state index in [1.165, 1.54) is 11.3 Å². The average Bonchev–Trinajstić information content (AvgIpc) is 2.51. The minimum atomic E-state index is 0.794. The lowest BCUT2D eigenvalue weighted by molar-refractivity contribution is 0.771. The van der Waals surface area contributed by atoms with Gasteiger partial charge in [-0.1, -0.05) is 23.7 Å². The highest BCUT2D eigenvalue weighted by atomic mass is 79.9. The monoisotopic (exact) mass is 312 g/mol. The first-order valence-corrected chi connectivity index (χ1v) is 6.67. The highest BCUT2D eigenvalue weighted by Gasteiger charge is 2.09. The summed E-state index contributed by atoms with van der Waals surface area (Å²) >= 11 is 9.46.